The van der Waals surface area contributed by atoms with Gasteiger partial charge in [-0.1, -0.05) is 6.08 Å². The van der Waals surface area contributed by atoms with Gasteiger partial charge in [0.05, 0.1) is 0 Å². The first kappa shape index (κ1) is 8.03. The second-order valence-electron chi connectivity index (χ2n) is 4.05. The van der Waals surface area contributed by atoms with E-state index in [1.165, 1.54) is 25.7 Å². The van der Waals surface area contributed by atoms with Crippen LogP contribution in [0.1, 0.15) is 44.9 Å². The van der Waals surface area contributed by atoms with E-state index in [9.17, 15) is 4.79 Å². The highest BCUT2D eigenvalue weighted by molar-refractivity contribution is 5.95. The summed E-state index contributed by atoms with van der Waals surface area (Å²) in [4.78, 5) is 11.6. The van der Waals surface area contributed by atoms with E-state index >= 15 is 0 Å². The van der Waals surface area contributed by atoms with Crippen LogP contribution in [0.25, 0.3) is 0 Å². The first-order chi connectivity index (χ1) is 5.86. The van der Waals surface area contributed by atoms with E-state index in [2.05, 4.69) is 6.08 Å². The molecule has 1 fully saturated rings. The number of allylic oxidation sites excluding steroid dienone is 2. The molecule has 0 bridgehead atoms. The number of hydrogen-bond acceptors (Lipinski definition) is 1. The molecule has 1 nitrogen and oxygen atoms in total. The Morgan fingerprint density at radius 2 is 2.25 bits per heavy atom. The van der Waals surface area contributed by atoms with Gasteiger partial charge in [-0.2, -0.15) is 0 Å². The Balaban J connectivity index is 1.88. The molecule has 0 aromatic rings. The SMILES string of the molecule is O=C(CC1CC1)C1=CCCCC1. The molecule has 0 aromatic heterocycles. The van der Waals surface area contributed by atoms with Gasteiger partial charge in [-0.15, -0.1) is 0 Å². The molecule has 0 heterocycles. The number of carbonyl (C=O) groups is 1. The Morgan fingerprint density at radius 3 is 2.83 bits per heavy atom. The Bertz CT molecular complexity index is 211. The fourth-order valence-corrected chi connectivity index (χ4v) is 1.81. The molecule has 0 aliphatic heterocycles. The van der Waals surface area contributed by atoms with Crippen molar-refractivity contribution in [2.24, 2.45) is 5.92 Å². The summed E-state index contributed by atoms with van der Waals surface area (Å²) >= 11 is 0. The minimum Gasteiger partial charge on any atom is -0.295 e. The van der Waals surface area contributed by atoms with Crippen molar-refractivity contribution in [1.29, 1.82) is 0 Å². The summed E-state index contributed by atoms with van der Waals surface area (Å²) in [6, 6.07) is 0. The van der Waals surface area contributed by atoms with E-state index in [0.717, 1.165) is 30.8 Å². The van der Waals surface area contributed by atoms with Crippen LogP contribution in [0, 0.1) is 5.92 Å². The van der Waals surface area contributed by atoms with Gasteiger partial charge < -0.3 is 0 Å². The van der Waals surface area contributed by atoms with Crippen LogP contribution in [-0.4, -0.2) is 5.78 Å². The minimum absolute atomic E-state index is 0.442. The molecule has 2 aliphatic rings. The third-order valence-electron chi connectivity index (χ3n) is 2.82. The van der Waals surface area contributed by atoms with E-state index < -0.39 is 0 Å². The molecule has 2 aliphatic carbocycles. The molecule has 0 N–H and O–H groups in total. The topological polar surface area (TPSA) is 17.1 Å². The van der Waals surface area contributed by atoms with Gasteiger partial charge in [0, 0.05) is 6.42 Å². The van der Waals surface area contributed by atoms with Crippen LogP contribution < -0.4 is 0 Å². The quantitative estimate of drug-likeness (QED) is 0.627. The third kappa shape index (κ3) is 1.96. The van der Waals surface area contributed by atoms with Gasteiger partial charge in [-0.3, -0.25) is 4.79 Å². The molecule has 1 saturated carbocycles. The van der Waals surface area contributed by atoms with Gasteiger partial charge in [0.25, 0.3) is 0 Å². The van der Waals surface area contributed by atoms with E-state index in [0.29, 0.717) is 5.78 Å². The summed E-state index contributed by atoms with van der Waals surface area (Å²) in [5.41, 5.74) is 1.13. The Kier molecular flexibility index (Phi) is 2.29. The zero-order valence-corrected chi connectivity index (χ0v) is 7.51. The maximum Gasteiger partial charge on any atom is 0.158 e. The fourth-order valence-electron chi connectivity index (χ4n) is 1.81. The molecular formula is C11H16O. The van der Waals surface area contributed by atoms with Crippen molar-refractivity contribution in [2.45, 2.75) is 44.9 Å². The summed E-state index contributed by atoms with van der Waals surface area (Å²) in [6.45, 7) is 0. The zero-order chi connectivity index (χ0) is 8.39. The molecule has 1 heteroatoms. The van der Waals surface area contributed by atoms with Gasteiger partial charge in [-0.05, 0) is 50.0 Å². The maximum absolute atomic E-state index is 11.6. The van der Waals surface area contributed by atoms with E-state index in [1.54, 1.807) is 0 Å². The van der Waals surface area contributed by atoms with Crippen LogP contribution in [0.5, 0.6) is 0 Å². The van der Waals surface area contributed by atoms with Crippen LogP contribution in [0.15, 0.2) is 11.6 Å². The van der Waals surface area contributed by atoms with Crippen molar-refractivity contribution in [3.05, 3.63) is 11.6 Å². The molecule has 66 valence electrons. The minimum atomic E-state index is 0.442. The second-order valence-corrected chi connectivity index (χ2v) is 4.05. The van der Waals surface area contributed by atoms with Gasteiger partial charge in [0.1, 0.15) is 0 Å². The summed E-state index contributed by atoms with van der Waals surface area (Å²) in [6.07, 6.45) is 10.3. The molecule has 0 radical (unpaired) electrons. The molecule has 0 unspecified atom stereocenters. The average Bonchev–Trinajstić information content (AvgIpc) is 2.90. The molecule has 12 heavy (non-hydrogen) atoms. The van der Waals surface area contributed by atoms with Gasteiger partial charge in [0.2, 0.25) is 0 Å². The highest BCUT2D eigenvalue weighted by Crippen LogP contribution is 2.34. The summed E-state index contributed by atoms with van der Waals surface area (Å²) in [5, 5.41) is 0. The molecule has 0 aromatic carbocycles. The molecule has 0 amide bonds. The molecule has 0 saturated heterocycles. The van der Waals surface area contributed by atoms with Gasteiger partial charge >= 0.3 is 0 Å². The summed E-state index contributed by atoms with van der Waals surface area (Å²) in [5.74, 6) is 1.19. The van der Waals surface area contributed by atoms with E-state index in [-0.39, 0.29) is 0 Å². The monoisotopic (exact) mass is 164 g/mol. The molecule has 0 atom stereocenters. The zero-order valence-electron chi connectivity index (χ0n) is 7.51. The van der Waals surface area contributed by atoms with Crippen molar-refractivity contribution >= 4 is 5.78 Å². The van der Waals surface area contributed by atoms with Crippen molar-refractivity contribution in [3.8, 4) is 0 Å². The molecule has 2 rings (SSSR count). The van der Waals surface area contributed by atoms with Gasteiger partial charge in [0.15, 0.2) is 5.78 Å². The highest BCUT2D eigenvalue weighted by atomic mass is 16.1. The number of Topliss-reactive ketones (excluding diaryl/α,β-unsaturated/α-hetero) is 1. The third-order valence-corrected chi connectivity index (χ3v) is 2.82. The standard InChI is InChI=1S/C11H16O/c12-11(8-9-6-7-9)10-4-2-1-3-5-10/h4,9H,1-3,5-8H2. The van der Waals surface area contributed by atoms with Crippen LogP contribution in [0.2, 0.25) is 0 Å². The number of carbonyl (C=O) groups excluding carboxylic acids is 1. The molecule has 0 spiro atoms. The lowest BCUT2D eigenvalue weighted by Gasteiger charge is -2.10. The smallest absolute Gasteiger partial charge is 0.158 e. The van der Waals surface area contributed by atoms with Crippen molar-refractivity contribution in [3.63, 3.8) is 0 Å². The first-order valence-corrected chi connectivity index (χ1v) is 5.08. The largest absolute Gasteiger partial charge is 0.295 e. The fraction of sp³-hybridized carbons (Fsp3) is 0.727. The summed E-state index contributed by atoms with van der Waals surface area (Å²) in [7, 11) is 0. The van der Waals surface area contributed by atoms with Crippen molar-refractivity contribution in [1.82, 2.24) is 0 Å². The number of hydrogen-bond donors (Lipinski definition) is 0. The molecular weight excluding hydrogens is 148 g/mol. The van der Waals surface area contributed by atoms with Crippen LogP contribution in [0.3, 0.4) is 0 Å². The normalized spacial score (nSPS) is 23.5. The second kappa shape index (κ2) is 3.42. The Hall–Kier alpha value is -0.590. The lowest BCUT2D eigenvalue weighted by atomic mass is 9.94. The average molecular weight is 164 g/mol. The predicted octanol–water partition coefficient (Wildman–Crippen LogP) is 2.86. The lowest BCUT2D eigenvalue weighted by Crippen LogP contribution is -2.06. The predicted molar refractivity (Wildman–Crippen MR) is 48.9 cm³/mol. The Morgan fingerprint density at radius 1 is 1.42 bits per heavy atom. The lowest BCUT2D eigenvalue weighted by molar-refractivity contribution is -0.116. The summed E-state index contributed by atoms with van der Waals surface area (Å²) < 4.78 is 0. The van der Waals surface area contributed by atoms with Crippen LogP contribution in [0.4, 0.5) is 0 Å². The maximum atomic E-state index is 11.6. The first-order valence-electron chi connectivity index (χ1n) is 5.08. The number of rotatable bonds is 3. The van der Waals surface area contributed by atoms with Crippen LogP contribution in [-0.2, 0) is 4.79 Å². The van der Waals surface area contributed by atoms with Crippen molar-refractivity contribution in [2.75, 3.05) is 0 Å². The van der Waals surface area contributed by atoms with Crippen molar-refractivity contribution < 1.29 is 4.79 Å². The van der Waals surface area contributed by atoms with E-state index in [4.69, 9.17) is 0 Å². The van der Waals surface area contributed by atoms with E-state index in [1.807, 2.05) is 0 Å². The van der Waals surface area contributed by atoms with Gasteiger partial charge in [-0.25, -0.2) is 0 Å². The van der Waals surface area contributed by atoms with Crippen LogP contribution >= 0.6 is 0 Å². The number of ketones is 1. The Labute approximate surface area is 73.8 Å². The highest BCUT2D eigenvalue weighted by Gasteiger charge is 2.25.